The zero-order chi connectivity index (χ0) is 12.5. The summed E-state index contributed by atoms with van der Waals surface area (Å²) in [6.45, 7) is 6.32. The van der Waals surface area contributed by atoms with Gasteiger partial charge in [0.2, 0.25) is 0 Å². The molecule has 0 aliphatic heterocycles. The van der Waals surface area contributed by atoms with E-state index >= 15 is 0 Å². The molecular formula is C13H18N2O2. The van der Waals surface area contributed by atoms with E-state index < -0.39 is 0 Å². The summed E-state index contributed by atoms with van der Waals surface area (Å²) in [6.07, 6.45) is 0. The van der Waals surface area contributed by atoms with Gasteiger partial charge in [0.25, 0.3) is 0 Å². The highest BCUT2D eigenvalue weighted by atomic mass is 16.5. The quantitative estimate of drug-likeness (QED) is 0.785. The monoisotopic (exact) mass is 234 g/mol. The van der Waals surface area contributed by atoms with E-state index in [1.165, 1.54) is 0 Å². The first-order chi connectivity index (χ1) is 8.31. The zero-order valence-corrected chi connectivity index (χ0v) is 10.3. The van der Waals surface area contributed by atoms with Crippen LogP contribution in [0.3, 0.4) is 0 Å². The van der Waals surface area contributed by atoms with Gasteiger partial charge < -0.3 is 14.8 Å². The fourth-order valence-electron chi connectivity index (χ4n) is 1.43. The SMILES string of the molecule is CCNCc1ccc(OCC#N)c(OCC)c1. The number of rotatable bonds is 7. The highest BCUT2D eigenvalue weighted by molar-refractivity contribution is 5.43. The summed E-state index contributed by atoms with van der Waals surface area (Å²) in [4.78, 5) is 0. The molecule has 0 atom stereocenters. The fourth-order valence-corrected chi connectivity index (χ4v) is 1.43. The Balaban J connectivity index is 2.80. The Morgan fingerprint density at radius 2 is 2.06 bits per heavy atom. The van der Waals surface area contributed by atoms with Crippen molar-refractivity contribution in [2.75, 3.05) is 19.8 Å². The molecule has 92 valence electrons. The van der Waals surface area contributed by atoms with Crippen LogP contribution in [-0.2, 0) is 6.54 Å². The first-order valence-electron chi connectivity index (χ1n) is 5.78. The molecule has 0 heterocycles. The number of hydrogen-bond donors (Lipinski definition) is 1. The van der Waals surface area contributed by atoms with Crippen LogP contribution in [0.25, 0.3) is 0 Å². The third kappa shape index (κ3) is 4.33. The van der Waals surface area contributed by atoms with Gasteiger partial charge in [0.1, 0.15) is 6.07 Å². The largest absolute Gasteiger partial charge is 0.490 e. The maximum absolute atomic E-state index is 8.49. The van der Waals surface area contributed by atoms with E-state index in [4.69, 9.17) is 14.7 Å². The van der Waals surface area contributed by atoms with Crippen molar-refractivity contribution >= 4 is 0 Å². The van der Waals surface area contributed by atoms with Gasteiger partial charge in [0.15, 0.2) is 18.1 Å². The Labute approximate surface area is 102 Å². The predicted octanol–water partition coefficient (Wildman–Crippen LogP) is 2.10. The summed E-state index contributed by atoms with van der Waals surface area (Å²) in [5.41, 5.74) is 1.14. The van der Waals surface area contributed by atoms with Crippen LogP contribution in [0.1, 0.15) is 19.4 Å². The van der Waals surface area contributed by atoms with Gasteiger partial charge in [0.05, 0.1) is 6.61 Å². The molecule has 1 rings (SSSR count). The number of benzene rings is 1. The predicted molar refractivity (Wildman–Crippen MR) is 66.1 cm³/mol. The highest BCUT2D eigenvalue weighted by Gasteiger charge is 2.06. The molecular weight excluding hydrogens is 216 g/mol. The standard InChI is InChI=1S/C13H18N2O2/c1-3-15-10-11-5-6-12(17-8-7-14)13(9-11)16-4-2/h5-6,9,15H,3-4,8,10H2,1-2H3. The molecule has 0 aromatic heterocycles. The van der Waals surface area contributed by atoms with Crippen molar-refractivity contribution < 1.29 is 9.47 Å². The van der Waals surface area contributed by atoms with Gasteiger partial charge >= 0.3 is 0 Å². The van der Waals surface area contributed by atoms with Crippen molar-refractivity contribution in [3.8, 4) is 17.6 Å². The number of nitriles is 1. The first kappa shape index (κ1) is 13.3. The van der Waals surface area contributed by atoms with Crippen molar-refractivity contribution in [2.45, 2.75) is 20.4 Å². The summed E-state index contributed by atoms with van der Waals surface area (Å²) >= 11 is 0. The lowest BCUT2D eigenvalue weighted by molar-refractivity contribution is 0.298. The van der Waals surface area contributed by atoms with Gasteiger partial charge in [-0.25, -0.2) is 0 Å². The molecule has 0 fully saturated rings. The topological polar surface area (TPSA) is 54.3 Å². The fraction of sp³-hybridized carbons (Fsp3) is 0.462. The number of hydrogen-bond acceptors (Lipinski definition) is 4. The van der Waals surface area contributed by atoms with Crippen molar-refractivity contribution in [2.24, 2.45) is 0 Å². The van der Waals surface area contributed by atoms with Crippen LogP contribution in [0.2, 0.25) is 0 Å². The van der Waals surface area contributed by atoms with Gasteiger partial charge in [-0.15, -0.1) is 0 Å². The van der Waals surface area contributed by atoms with Crippen LogP contribution in [0.4, 0.5) is 0 Å². The van der Waals surface area contributed by atoms with E-state index in [1.807, 2.05) is 31.2 Å². The van der Waals surface area contributed by atoms with Crippen LogP contribution in [0, 0.1) is 11.3 Å². The van der Waals surface area contributed by atoms with Gasteiger partial charge in [-0.2, -0.15) is 5.26 Å². The summed E-state index contributed by atoms with van der Waals surface area (Å²) in [7, 11) is 0. The van der Waals surface area contributed by atoms with Crippen LogP contribution in [0.15, 0.2) is 18.2 Å². The summed E-state index contributed by atoms with van der Waals surface area (Å²) in [5.74, 6) is 1.31. The average molecular weight is 234 g/mol. The summed E-state index contributed by atoms with van der Waals surface area (Å²) in [6, 6.07) is 7.70. The van der Waals surface area contributed by atoms with Crippen molar-refractivity contribution in [3.63, 3.8) is 0 Å². The molecule has 0 aliphatic carbocycles. The average Bonchev–Trinajstić information content (AvgIpc) is 2.35. The van der Waals surface area contributed by atoms with Gasteiger partial charge in [-0.05, 0) is 31.2 Å². The van der Waals surface area contributed by atoms with Crippen molar-refractivity contribution in [1.29, 1.82) is 5.26 Å². The van der Waals surface area contributed by atoms with E-state index in [1.54, 1.807) is 0 Å². The minimum absolute atomic E-state index is 0.0344. The van der Waals surface area contributed by atoms with E-state index in [-0.39, 0.29) is 6.61 Å². The second kappa shape index (κ2) is 7.53. The molecule has 4 nitrogen and oxygen atoms in total. The highest BCUT2D eigenvalue weighted by Crippen LogP contribution is 2.28. The second-order valence-electron chi connectivity index (χ2n) is 3.44. The lowest BCUT2D eigenvalue weighted by Crippen LogP contribution is -2.12. The molecule has 0 spiro atoms. The van der Waals surface area contributed by atoms with Crippen molar-refractivity contribution in [1.82, 2.24) is 5.32 Å². The van der Waals surface area contributed by atoms with Gasteiger partial charge in [0, 0.05) is 6.54 Å². The Morgan fingerprint density at radius 3 is 2.71 bits per heavy atom. The van der Waals surface area contributed by atoms with Crippen LogP contribution in [-0.4, -0.2) is 19.8 Å². The summed E-state index contributed by atoms with van der Waals surface area (Å²) < 4.78 is 10.8. The summed E-state index contributed by atoms with van der Waals surface area (Å²) in [5, 5.41) is 11.7. The second-order valence-corrected chi connectivity index (χ2v) is 3.44. The lowest BCUT2D eigenvalue weighted by Gasteiger charge is -2.12. The molecule has 4 heteroatoms. The van der Waals surface area contributed by atoms with E-state index in [2.05, 4.69) is 12.2 Å². The van der Waals surface area contributed by atoms with Gasteiger partial charge in [-0.3, -0.25) is 0 Å². The molecule has 1 N–H and O–H groups in total. The Morgan fingerprint density at radius 1 is 1.24 bits per heavy atom. The molecule has 0 saturated heterocycles. The van der Waals surface area contributed by atoms with Crippen LogP contribution < -0.4 is 14.8 Å². The van der Waals surface area contributed by atoms with E-state index in [0.717, 1.165) is 18.7 Å². The molecule has 0 bridgehead atoms. The molecule has 0 unspecified atom stereocenters. The molecule has 17 heavy (non-hydrogen) atoms. The Kier molecular flexibility index (Phi) is 5.91. The lowest BCUT2D eigenvalue weighted by atomic mass is 10.2. The first-order valence-corrected chi connectivity index (χ1v) is 5.78. The van der Waals surface area contributed by atoms with Crippen molar-refractivity contribution in [3.05, 3.63) is 23.8 Å². The van der Waals surface area contributed by atoms with Gasteiger partial charge in [-0.1, -0.05) is 13.0 Å². The zero-order valence-electron chi connectivity index (χ0n) is 10.3. The molecule has 1 aromatic carbocycles. The minimum Gasteiger partial charge on any atom is -0.490 e. The Bertz CT molecular complexity index is 385. The molecule has 0 aliphatic rings. The molecule has 1 aromatic rings. The van der Waals surface area contributed by atoms with E-state index in [9.17, 15) is 0 Å². The minimum atomic E-state index is 0.0344. The third-order valence-electron chi connectivity index (χ3n) is 2.18. The maximum atomic E-state index is 8.49. The van der Waals surface area contributed by atoms with E-state index in [0.29, 0.717) is 18.1 Å². The third-order valence-corrected chi connectivity index (χ3v) is 2.18. The number of nitrogens with one attached hydrogen (secondary N) is 1. The maximum Gasteiger partial charge on any atom is 0.174 e. The smallest absolute Gasteiger partial charge is 0.174 e. The number of ether oxygens (including phenoxy) is 2. The van der Waals surface area contributed by atoms with Crippen LogP contribution in [0.5, 0.6) is 11.5 Å². The normalized spacial score (nSPS) is 9.71. The Hall–Kier alpha value is -1.73. The molecule has 0 amide bonds. The molecule has 0 saturated carbocycles. The molecule has 0 radical (unpaired) electrons. The van der Waals surface area contributed by atoms with Crippen LogP contribution >= 0.6 is 0 Å². The number of nitrogens with zero attached hydrogens (tertiary/aromatic N) is 1.